The first-order chi connectivity index (χ1) is 16.5. The van der Waals surface area contributed by atoms with Gasteiger partial charge in [-0.2, -0.15) is 0 Å². The SMILES string of the molecule is O=C([C@H](Cc1ccccc1)N1C(=O)[C@H]2CCCC[C@@H]2C1=O)N1CCN(c2ccc(F)cc2)CC1. The van der Waals surface area contributed by atoms with Gasteiger partial charge in [-0.1, -0.05) is 43.2 Å². The summed E-state index contributed by atoms with van der Waals surface area (Å²) in [6, 6.07) is 15.1. The maximum absolute atomic E-state index is 13.8. The number of nitrogens with zero attached hydrogens (tertiary/aromatic N) is 3. The Morgan fingerprint density at radius 1 is 0.853 bits per heavy atom. The number of carbonyl (C=O) groups excluding carboxylic acids is 3. The summed E-state index contributed by atoms with van der Waals surface area (Å²) in [6.07, 6.45) is 3.70. The second-order valence-electron chi connectivity index (χ2n) is 9.54. The molecule has 0 aromatic heterocycles. The highest BCUT2D eigenvalue weighted by Gasteiger charge is 2.52. The Bertz CT molecular complexity index is 1030. The normalized spacial score (nSPS) is 23.7. The molecule has 0 N–H and O–H groups in total. The third-order valence-corrected chi connectivity index (χ3v) is 7.53. The van der Waals surface area contributed by atoms with Crippen molar-refractivity contribution in [1.29, 1.82) is 0 Å². The van der Waals surface area contributed by atoms with Crippen LogP contribution in [0.1, 0.15) is 31.2 Å². The molecule has 178 valence electrons. The Balaban J connectivity index is 1.35. The van der Waals surface area contributed by atoms with Crippen LogP contribution in [0.5, 0.6) is 0 Å². The Labute approximate surface area is 199 Å². The lowest BCUT2D eigenvalue weighted by atomic mass is 9.81. The van der Waals surface area contributed by atoms with E-state index in [0.29, 0.717) is 32.6 Å². The van der Waals surface area contributed by atoms with Gasteiger partial charge in [0.25, 0.3) is 0 Å². The Morgan fingerprint density at radius 2 is 1.44 bits per heavy atom. The fourth-order valence-corrected chi connectivity index (χ4v) is 5.67. The summed E-state index contributed by atoms with van der Waals surface area (Å²) < 4.78 is 13.3. The van der Waals surface area contributed by atoms with E-state index in [2.05, 4.69) is 4.90 Å². The molecule has 3 amide bonds. The van der Waals surface area contributed by atoms with E-state index in [4.69, 9.17) is 0 Å². The monoisotopic (exact) mass is 463 g/mol. The number of fused-ring (bicyclic) bond motifs is 1. The predicted molar refractivity (Wildman–Crippen MR) is 126 cm³/mol. The number of anilines is 1. The Hall–Kier alpha value is -3.22. The highest BCUT2D eigenvalue weighted by molar-refractivity contribution is 6.08. The van der Waals surface area contributed by atoms with E-state index >= 15 is 0 Å². The van der Waals surface area contributed by atoms with Gasteiger partial charge in [0.2, 0.25) is 17.7 Å². The van der Waals surface area contributed by atoms with E-state index < -0.39 is 6.04 Å². The molecule has 2 aromatic rings. The molecule has 5 rings (SSSR count). The van der Waals surface area contributed by atoms with Gasteiger partial charge in [-0.3, -0.25) is 19.3 Å². The van der Waals surface area contributed by atoms with Crippen molar-refractivity contribution in [2.75, 3.05) is 31.1 Å². The molecule has 0 radical (unpaired) electrons. The van der Waals surface area contributed by atoms with Crippen LogP contribution in [0.4, 0.5) is 10.1 Å². The van der Waals surface area contributed by atoms with Gasteiger partial charge in [-0.05, 0) is 42.7 Å². The number of halogens is 1. The van der Waals surface area contributed by atoms with Crippen molar-refractivity contribution in [3.63, 3.8) is 0 Å². The standard InChI is InChI=1S/C27H30FN3O3/c28-20-10-12-21(13-11-20)29-14-16-30(17-15-29)27(34)24(18-19-6-2-1-3-7-19)31-25(32)22-8-4-5-9-23(22)26(31)33/h1-3,6-7,10-13,22-24H,4-5,8-9,14-18H2/t22-,23-,24-/m0/s1. The van der Waals surface area contributed by atoms with Crippen LogP contribution in [0.25, 0.3) is 0 Å². The zero-order chi connectivity index (χ0) is 23.7. The van der Waals surface area contributed by atoms with Crippen LogP contribution in [0, 0.1) is 17.7 Å². The second-order valence-corrected chi connectivity index (χ2v) is 9.54. The quantitative estimate of drug-likeness (QED) is 0.639. The summed E-state index contributed by atoms with van der Waals surface area (Å²) in [6.45, 7) is 2.21. The average Bonchev–Trinajstić information content (AvgIpc) is 3.13. The lowest BCUT2D eigenvalue weighted by Crippen LogP contribution is -2.57. The number of likely N-dealkylation sites (tertiary alicyclic amines) is 1. The second kappa shape index (κ2) is 9.57. The number of piperazine rings is 1. The summed E-state index contributed by atoms with van der Waals surface area (Å²) in [4.78, 5) is 45.6. The van der Waals surface area contributed by atoms with E-state index in [-0.39, 0.29) is 35.4 Å². The summed E-state index contributed by atoms with van der Waals surface area (Å²) in [5, 5.41) is 0. The van der Waals surface area contributed by atoms with Crippen molar-refractivity contribution < 1.29 is 18.8 Å². The fraction of sp³-hybridized carbons (Fsp3) is 0.444. The molecular weight excluding hydrogens is 433 g/mol. The maximum Gasteiger partial charge on any atom is 0.246 e. The van der Waals surface area contributed by atoms with Gasteiger partial charge >= 0.3 is 0 Å². The van der Waals surface area contributed by atoms with Crippen molar-refractivity contribution >= 4 is 23.4 Å². The largest absolute Gasteiger partial charge is 0.368 e. The lowest BCUT2D eigenvalue weighted by molar-refractivity contribution is -0.151. The maximum atomic E-state index is 13.8. The summed E-state index contributed by atoms with van der Waals surface area (Å²) >= 11 is 0. The van der Waals surface area contributed by atoms with Gasteiger partial charge in [-0.15, -0.1) is 0 Å². The van der Waals surface area contributed by atoms with Crippen LogP contribution in [0.3, 0.4) is 0 Å². The van der Waals surface area contributed by atoms with Crippen molar-refractivity contribution in [2.24, 2.45) is 11.8 Å². The van der Waals surface area contributed by atoms with Crippen LogP contribution in [-0.2, 0) is 20.8 Å². The molecule has 1 aliphatic carbocycles. The molecule has 7 heteroatoms. The first kappa shape index (κ1) is 22.6. The van der Waals surface area contributed by atoms with Crippen LogP contribution >= 0.6 is 0 Å². The van der Waals surface area contributed by atoms with Crippen LogP contribution < -0.4 is 4.90 Å². The molecule has 3 fully saturated rings. The number of amides is 3. The van der Waals surface area contributed by atoms with Crippen molar-refractivity contribution in [1.82, 2.24) is 9.80 Å². The highest BCUT2D eigenvalue weighted by atomic mass is 19.1. The molecule has 3 aliphatic rings. The minimum Gasteiger partial charge on any atom is -0.368 e. The molecule has 2 aromatic carbocycles. The van der Waals surface area contributed by atoms with E-state index in [1.807, 2.05) is 30.3 Å². The van der Waals surface area contributed by atoms with E-state index in [9.17, 15) is 18.8 Å². The number of imide groups is 1. The van der Waals surface area contributed by atoms with Gasteiger partial charge in [0.05, 0.1) is 11.8 Å². The molecule has 0 bridgehead atoms. The Kier molecular flexibility index (Phi) is 6.35. The lowest BCUT2D eigenvalue weighted by Gasteiger charge is -2.39. The number of benzene rings is 2. The number of carbonyl (C=O) groups is 3. The first-order valence-corrected chi connectivity index (χ1v) is 12.2. The van der Waals surface area contributed by atoms with Gasteiger partial charge in [0, 0.05) is 38.3 Å². The minimum atomic E-state index is -0.814. The molecule has 34 heavy (non-hydrogen) atoms. The van der Waals surface area contributed by atoms with Crippen LogP contribution in [0.2, 0.25) is 0 Å². The summed E-state index contributed by atoms with van der Waals surface area (Å²) in [5.41, 5.74) is 1.85. The van der Waals surface area contributed by atoms with Crippen LogP contribution in [0.15, 0.2) is 54.6 Å². The molecule has 3 atom stereocenters. The van der Waals surface area contributed by atoms with Gasteiger partial charge in [0.1, 0.15) is 11.9 Å². The van der Waals surface area contributed by atoms with E-state index in [0.717, 1.165) is 36.9 Å². The molecular formula is C27H30FN3O3. The topological polar surface area (TPSA) is 60.9 Å². The molecule has 0 spiro atoms. The number of hydrogen-bond donors (Lipinski definition) is 0. The molecule has 1 saturated carbocycles. The van der Waals surface area contributed by atoms with Gasteiger partial charge in [0.15, 0.2) is 0 Å². The van der Waals surface area contributed by atoms with Crippen LogP contribution in [-0.4, -0.2) is 59.7 Å². The predicted octanol–water partition coefficient (Wildman–Crippen LogP) is 3.26. The average molecular weight is 464 g/mol. The third-order valence-electron chi connectivity index (χ3n) is 7.53. The molecule has 2 heterocycles. The number of rotatable bonds is 5. The van der Waals surface area contributed by atoms with Gasteiger partial charge in [-0.25, -0.2) is 4.39 Å². The molecule has 0 unspecified atom stereocenters. The zero-order valence-corrected chi connectivity index (χ0v) is 19.2. The van der Waals surface area contributed by atoms with Gasteiger partial charge < -0.3 is 9.80 Å². The third kappa shape index (κ3) is 4.31. The first-order valence-electron chi connectivity index (χ1n) is 12.2. The van der Waals surface area contributed by atoms with Crippen molar-refractivity contribution in [2.45, 2.75) is 38.1 Å². The van der Waals surface area contributed by atoms with Crippen molar-refractivity contribution in [3.8, 4) is 0 Å². The minimum absolute atomic E-state index is 0.164. The molecule has 6 nitrogen and oxygen atoms in total. The fourth-order valence-electron chi connectivity index (χ4n) is 5.67. The smallest absolute Gasteiger partial charge is 0.246 e. The zero-order valence-electron chi connectivity index (χ0n) is 19.2. The summed E-state index contributed by atoms with van der Waals surface area (Å²) in [7, 11) is 0. The molecule has 2 aliphatic heterocycles. The summed E-state index contributed by atoms with van der Waals surface area (Å²) in [5.74, 6) is -1.34. The van der Waals surface area contributed by atoms with E-state index in [1.54, 1.807) is 17.0 Å². The Morgan fingerprint density at radius 3 is 2.03 bits per heavy atom. The number of hydrogen-bond acceptors (Lipinski definition) is 4. The van der Waals surface area contributed by atoms with E-state index in [1.165, 1.54) is 17.0 Å². The molecule has 2 saturated heterocycles. The van der Waals surface area contributed by atoms with Crippen molar-refractivity contribution in [3.05, 3.63) is 66.0 Å². The highest BCUT2D eigenvalue weighted by Crippen LogP contribution is 2.39.